The van der Waals surface area contributed by atoms with Crippen molar-refractivity contribution >= 4 is 11.6 Å². The lowest BCUT2D eigenvalue weighted by Crippen LogP contribution is -2.06. The van der Waals surface area contributed by atoms with Crippen molar-refractivity contribution in [2.24, 2.45) is 0 Å². The number of rotatable bonds is 0. The van der Waals surface area contributed by atoms with Crippen LogP contribution in [0.25, 0.3) is 0 Å². The first kappa shape index (κ1) is 11.4. The summed E-state index contributed by atoms with van der Waals surface area (Å²) in [6, 6.07) is 4.23. The fraction of sp³-hybridized carbons (Fsp3) is 0.111. The van der Waals surface area contributed by atoms with Gasteiger partial charge in [-0.25, -0.2) is 0 Å². The molecule has 0 saturated heterocycles. The second-order valence-electron chi connectivity index (χ2n) is 2.61. The van der Waals surface area contributed by atoms with E-state index in [1.54, 1.807) is 0 Å². The second kappa shape index (κ2) is 3.80. The van der Waals surface area contributed by atoms with Gasteiger partial charge in [0.1, 0.15) is 12.1 Å². The Morgan fingerprint density at radius 2 is 1.47 bits per heavy atom. The third-order valence-electron chi connectivity index (χ3n) is 1.64. The van der Waals surface area contributed by atoms with Crippen molar-refractivity contribution < 1.29 is 13.2 Å². The molecule has 1 rings (SSSR count). The Labute approximate surface area is 88.1 Å². The summed E-state index contributed by atoms with van der Waals surface area (Å²) in [5.41, 5.74) is -1.77. The molecule has 76 valence electrons. The van der Waals surface area contributed by atoms with Gasteiger partial charge in [-0.1, -0.05) is 11.6 Å². The second-order valence-corrected chi connectivity index (χ2v) is 2.98. The molecule has 2 nitrogen and oxygen atoms in total. The van der Waals surface area contributed by atoms with Crippen LogP contribution < -0.4 is 0 Å². The molecule has 0 aliphatic rings. The maximum Gasteiger partial charge on any atom is 0.416 e. The zero-order valence-corrected chi connectivity index (χ0v) is 7.82. The molecule has 0 heterocycles. The number of hydrogen-bond acceptors (Lipinski definition) is 2. The molecule has 0 saturated carbocycles. The van der Waals surface area contributed by atoms with Crippen molar-refractivity contribution in [3.63, 3.8) is 0 Å². The molecule has 0 amide bonds. The number of alkyl halides is 3. The van der Waals surface area contributed by atoms with Gasteiger partial charge in [-0.15, -0.1) is 0 Å². The average Bonchev–Trinajstić information content (AvgIpc) is 2.16. The predicted octanol–water partition coefficient (Wildman–Crippen LogP) is 3.10. The Hall–Kier alpha value is -1.72. The number of hydrogen-bond donors (Lipinski definition) is 0. The molecule has 0 spiro atoms. The minimum Gasteiger partial charge on any atom is -0.192 e. The van der Waals surface area contributed by atoms with Crippen LogP contribution in [-0.4, -0.2) is 0 Å². The molecule has 0 aliphatic heterocycles. The summed E-state index contributed by atoms with van der Waals surface area (Å²) < 4.78 is 36.9. The first-order valence-electron chi connectivity index (χ1n) is 3.61. The maximum atomic E-state index is 12.3. The van der Waals surface area contributed by atoms with Crippen molar-refractivity contribution in [1.29, 1.82) is 10.5 Å². The van der Waals surface area contributed by atoms with Gasteiger partial charge in [0.2, 0.25) is 0 Å². The number of benzene rings is 1. The van der Waals surface area contributed by atoms with Gasteiger partial charge in [0.05, 0.1) is 21.7 Å². The zero-order chi connectivity index (χ0) is 11.6. The minimum atomic E-state index is -4.60. The number of nitrogens with zero attached hydrogens (tertiary/aromatic N) is 2. The molecule has 0 fully saturated rings. The van der Waals surface area contributed by atoms with Crippen LogP contribution in [0.4, 0.5) is 13.2 Å². The van der Waals surface area contributed by atoms with Gasteiger partial charge in [-0.05, 0) is 12.1 Å². The summed E-state index contributed by atoms with van der Waals surface area (Å²) in [4.78, 5) is 0. The lowest BCUT2D eigenvalue weighted by atomic mass is 10.1. The molecule has 1 aromatic rings. The Kier molecular flexibility index (Phi) is 2.88. The van der Waals surface area contributed by atoms with E-state index in [0.29, 0.717) is 12.1 Å². The van der Waals surface area contributed by atoms with E-state index in [-0.39, 0.29) is 16.1 Å². The highest BCUT2D eigenvalue weighted by Crippen LogP contribution is 2.33. The molecule has 0 aliphatic carbocycles. The van der Waals surface area contributed by atoms with Gasteiger partial charge < -0.3 is 0 Å². The smallest absolute Gasteiger partial charge is 0.192 e. The Bertz CT molecular complexity index is 445. The van der Waals surface area contributed by atoms with Crippen LogP contribution in [0.1, 0.15) is 16.7 Å². The molecule has 0 unspecified atom stereocenters. The Morgan fingerprint density at radius 3 is 1.73 bits per heavy atom. The van der Waals surface area contributed by atoms with Gasteiger partial charge in [0.25, 0.3) is 0 Å². The van der Waals surface area contributed by atoms with E-state index < -0.39 is 11.7 Å². The molecule has 0 bridgehead atoms. The van der Waals surface area contributed by atoms with Gasteiger partial charge in [0, 0.05) is 0 Å². The summed E-state index contributed by atoms with van der Waals surface area (Å²) in [5.74, 6) is 0. The van der Waals surface area contributed by atoms with Gasteiger partial charge in [-0.3, -0.25) is 0 Å². The van der Waals surface area contributed by atoms with E-state index in [9.17, 15) is 13.2 Å². The summed E-state index contributed by atoms with van der Waals surface area (Å²) in [7, 11) is 0. The maximum absolute atomic E-state index is 12.3. The van der Waals surface area contributed by atoms with Crippen LogP contribution in [0.5, 0.6) is 0 Å². The van der Waals surface area contributed by atoms with Crippen molar-refractivity contribution in [3.8, 4) is 12.1 Å². The fourth-order valence-corrected chi connectivity index (χ4v) is 1.14. The largest absolute Gasteiger partial charge is 0.416 e. The third-order valence-corrected chi connectivity index (χ3v) is 2.05. The average molecular weight is 231 g/mol. The molecule has 0 N–H and O–H groups in total. The third kappa shape index (κ3) is 2.20. The van der Waals surface area contributed by atoms with Gasteiger partial charge >= 0.3 is 6.18 Å². The van der Waals surface area contributed by atoms with Crippen LogP contribution in [0, 0.1) is 22.7 Å². The minimum absolute atomic E-state index is 0.256. The van der Waals surface area contributed by atoms with Gasteiger partial charge in [-0.2, -0.15) is 23.7 Å². The van der Waals surface area contributed by atoms with E-state index in [2.05, 4.69) is 0 Å². The molecule has 0 aromatic heterocycles. The van der Waals surface area contributed by atoms with E-state index in [4.69, 9.17) is 22.1 Å². The van der Waals surface area contributed by atoms with E-state index in [0.717, 1.165) is 0 Å². The molecule has 6 heteroatoms. The van der Waals surface area contributed by atoms with Crippen LogP contribution in [0.3, 0.4) is 0 Å². The highest BCUT2D eigenvalue weighted by Gasteiger charge is 2.32. The number of nitriles is 2. The van der Waals surface area contributed by atoms with Crippen LogP contribution >= 0.6 is 11.6 Å². The lowest BCUT2D eigenvalue weighted by molar-refractivity contribution is -0.137. The monoisotopic (exact) mass is 230 g/mol. The number of halogens is 4. The lowest BCUT2D eigenvalue weighted by Gasteiger charge is -2.08. The fourth-order valence-electron chi connectivity index (χ4n) is 0.951. The van der Waals surface area contributed by atoms with Crippen molar-refractivity contribution in [2.45, 2.75) is 6.18 Å². The molecular weight excluding hydrogens is 229 g/mol. The quantitative estimate of drug-likeness (QED) is 0.688. The summed E-state index contributed by atoms with van der Waals surface area (Å²) in [5, 5.41) is 16.8. The molecule has 0 radical (unpaired) electrons. The predicted molar refractivity (Wildman–Crippen MR) is 45.9 cm³/mol. The SMILES string of the molecule is N#Cc1cc(C(F)(F)F)cc(C#N)c1Cl. The Morgan fingerprint density at radius 1 is 1.07 bits per heavy atom. The zero-order valence-electron chi connectivity index (χ0n) is 7.06. The summed E-state index contributed by atoms with van der Waals surface area (Å²) >= 11 is 5.52. The molecule has 15 heavy (non-hydrogen) atoms. The van der Waals surface area contributed by atoms with E-state index in [1.807, 2.05) is 0 Å². The van der Waals surface area contributed by atoms with E-state index in [1.165, 1.54) is 12.1 Å². The van der Waals surface area contributed by atoms with Crippen LogP contribution in [-0.2, 0) is 6.18 Å². The highest BCUT2D eigenvalue weighted by atomic mass is 35.5. The van der Waals surface area contributed by atoms with Gasteiger partial charge in [0.15, 0.2) is 0 Å². The van der Waals surface area contributed by atoms with Crippen LogP contribution in [0.15, 0.2) is 12.1 Å². The van der Waals surface area contributed by atoms with Crippen molar-refractivity contribution in [2.75, 3.05) is 0 Å². The van der Waals surface area contributed by atoms with Crippen LogP contribution in [0.2, 0.25) is 5.02 Å². The highest BCUT2D eigenvalue weighted by molar-refractivity contribution is 6.32. The first-order valence-corrected chi connectivity index (χ1v) is 3.99. The van der Waals surface area contributed by atoms with Crippen molar-refractivity contribution in [1.82, 2.24) is 0 Å². The first-order chi connectivity index (χ1) is 6.90. The molecular formula is C9H2ClF3N2. The van der Waals surface area contributed by atoms with Crippen molar-refractivity contribution in [3.05, 3.63) is 33.8 Å². The summed E-state index contributed by atoms with van der Waals surface area (Å²) in [6.45, 7) is 0. The van der Waals surface area contributed by atoms with E-state index >= 15 is 0 Å². The molecule has 1 aromatic carbocycles. The molecule has 0 atom stereocenters. The summed E-state index contributed by atoms with van der Waals surface area (Å²) in [6.07, 6.45) is -4.60. The Balaban J connectivity index is 3.51. The topological polar surface area (TPSA) is 47.6 Å². The standard InChI is InChI=1S/C9H2ClF3N2/c10-8-5(3-14)1-7(9(11,12)13)2-6(8)4-15/h1-2H. The normalized spacial score (nSPS) is 10.5.